The van der Waals surface area contributed by atoms with Crippen LogP contribution in [0.5, 0.6) is 0 Å². The number of carbonyl (C=O) groups is 1. The molecule has 1 N–H and O–H groups in total. The van der Waals surface area contributed by atoms with Crippen molar-refractivity contribution < 1.29 is 9.90 Å². The highest BCUT2D eigenvalue weighted by atomic mass is 16.3. The Kier molecular flexibility index (Phi) is 6.03. The Morgan fingerprint density at radius 2 is 1.63 bits per heavy atom. The zero-order chi connectivity index (χ0) is 14.4. The maximum Gasteiger partial charge on any atom is 0.225 e. The highest BCUT2D eigenvalue weighted by molar-refractivity contribution is 5.77. The van der Waals surface area contributed by atoms with Crippen LogP contribution in [0.25, 0.3) is 0 Å². The van der Waals surface area contributed by atoms with Gasteiger partial charge in [-0.05, 0) is 39.7 Å². The van der Waals surface area contributed by atoms with Crippen LogP contribution in [0.15, 0.2) is 30.3 Å². The summed E-state index contributed by atoms with van der Waals surface area (Å²) in [6.07, 6.45) is 0.0943. The van der Waals surface area contributed by atoms with Crippen molar-refractivity contribution >= 4 is 5.91 Å². The molecule has 0 aliphatic carbocycles. The first kappa shape index (κ1) is 15.7. The van der Waals surface area contributed by atoms with E-state index in [9.17, 15) is 9.90 Å². The molecular formula is C16H25NO2. The fourth-order valence-electron chi connectivity index (χ4n) is 2.44. The molecule has 0 bridgehead atoms. The largest absolute Gasteiger partial charge is 0.392 e. The predicted molar refractivity (Wildman–Crippen MR) is 77.9 cm³/mol. The summed E-state index contributed by atoms with van der Waals surface area (Å²) in [6.45, 7) is 8.01. The molecule has 0 saturated heterocycles. The third-order valence-corrected chi connectivity index (χ3v) is 3.13. The van der Waals surface area contributed by atoms with Crippen LogP contribution >= 0.6 is 0 Å². The van der Waals surface area contributed by atoms with Crippen LogP contribution in [0.3, 0.4) is 0 Å². The molecule has 0 aliphatic rings. The highest BCUT2D eigenvalue weighted by Crippen LogP contribution is 2.11. The lowest BCUT2D eigenvalue weighted by molar-refractivity contribution is -0.136. The number of hydrogen-bond acceptors (Lipinski definition) is 2. The van der Waals surface area contributed by atoms with Gasteiger partial charge in [-0.2, -0.15) is 0 Å². The van der Waals surface area contributed by atoms with Gasteiger partial charge in [0.25, 0.3) is 0 Å². The van der Waals surface area contributed by atoms with Crippen LogP contribution in [0, 0.1) is 0 Å². The van der Waals surface area contributed by atoms with E-state index in [1.165, 1.54) is 0 Å². The lowest BCUT2D eigenvalue weighted by atomic mass is 10.0. The van der Waals surface area contributed by atoms with Gasteiger partial charge in [-0.1, -0.05) is 30.3 Å². The van der Waals surface area contributed by atoms with Crippen molar-refractivity contribution in [1.82, 2.24) is 4.90 Å². The lowest BCUT2D eigenvalue weighted by Gasteiger charge is -2.31. The zero-order valence-corrected chi connectivity index (χ0v) is 12.3. The summed E-state index contributed by atoms with van der Waals surface area (Å²) in [4.78, 5) is 14.0. The average molecular weight is 263 g/mol. The van der Waals surface area contributed by atoms with E-state index in [0.717, 1.165) is 5.56 Å². The van der Waals surface area contributed by atoms with Gasteiger partial charge in [0.1, 0.15) is 0 Å². The van der Waals surface area contributed by atoms with E-state index in [4.69, 9.17) is 0 Å². The van der Waals surface area contributed by atoms with Gasteiger partial charge in [0.05, 0.1) is 12.5 Å². The number of nitrogens with zero attached hydrogens (tertiary/aromatic N) is 1. The van der Waals surface area contributed by atoms with Crippen LogP contribution in [0.1, 0.15) is 39.7 Å². The second-order valence-electron chi connectivity index (χ2n) is 5.54. The number of amides is 1. The average Bonchev–Trinajstić information content (AvgIpc) is 2.28. The number of aliphatic hydroxyl groups is 1. The molecule has 106 valence electrons. The maximum atomic E-state index is 12.2. The van der Waals surface area contributed by atoms with Crippen LogP contribution in [0.2, 0.25) is 0 Å². The van der Waals surface area contributed by atoms with E-state index in [0.29, 0.717) is 6.42 Å². The maximum absolute atomic E-state index is 12.2. The molecule has 0 spiro atoms. The Morgan fingerprint density at radius 1 is 1.11 bits per heavy atom. The molecule has 3 nitrogen and oxygen atoms in total. The summed E-state index contributed by atoms with van der Waals surface area (Å²) < 4.78 is 0. The smallest absolute Gasteiger partial charge is 0.225 e. The second-order valence-corrected chi connectivity index (χ2v) is 5.54. The highest BCUT2D eigenvalue weighted by Gasteiger charge is 2.22. The van der Waals surface area contributed by atoms with E-state index >= 15 is 0 Å². The molecule has 1 atom stereocenters. The minimum absolute atomic E-state index is 0.0217. The molecule has 19 heavy (non-hydrogen) atoms. The van der Waals surface area contributed by atoms with E-state index < -0.39 is 6.10 Å². The molecule has 1 aromatic carbocycles. The number of benzene rings is 1. The van der Waals surface area contributed by atoms with E-state index in [1.54, 1.807) is 0 Å². The van der Waals surface area contributed by atoms with Crippen molar-refractivity contribution in [2.75, 3.05) is 0 Å². The number of hydrogen-bond donors (Lipinski definition) is 1. The van der Waals surface area contributed by atoms with Gasteiger partial charge in [0, 0.05) is 12.1 Å². The number of aliphatic hydroxyl groups excluding tert-OH is 1. The Hall–Kier alpha value is -1.35. The van der Waals surface area contributed by atoms with Crippen molar-refractivity contribution in [2.45, 2.75) is 58.7 Å². The first-order valence-corrected chi connectivity index (χ1v) is 6.95. The van der Waals surface area contributed by atoms with Crippen molar-refractivity contribution in [3.63, 3.8) is 0 Å². The first-order chi connectivity index (χ1) is 8.91. The quantitative estimate of drug-likeness (QED) is 0.857. The summed E-state index contributed by atoms with van der Waals surface area (Å²) in [5.41, 5.74) is 1.06. The third kappa shape index (κ3) is 5.03. The van der Waals surface area contributed by atoms with Crippen molar-refractivity contribution in [3.05, 3.63) is 35.9 Å². The van der Waals surface area contributed by atoms with Gasteiger partial charge in [0.2, 0.25) is 5.91 Å². The Morgan fingerprint density at radius 3 is 2.11 bits per heavy atom. The third-order valence-electron chi connectivity index (χ3n) is 3.13. The van der Waals surface area contributed by atoms with Crippen molar-refractivity contribution in [3.8, 4) is 0 Å². The molecule has 0 saturated carbocycles. The van der Waals surface area contributed by atoms with Crippen LogP contribution < -0.4 is 0 Å². The second kappa shape index (κ2) is 7.29. The van der Waals surface area contributed by atoms with Crippen molar-refractivity contribution in [2.24, 2.45) is 0 Å². The van der Waals surface area contributed by atoms with Crippen molar-refractivity contribution in [1.29, 1.82) is 0 Å². The summed E-state index contributed by atoms with van der Waals surface area (Å²) in [5.74, 6) is 0.0217. The fourth-order valence-corrected chi connectivity index (χ4v) is 2.44. The summed E-state index contributed by atoms with van der Waals surface area (Å²) >= 11 is 0. The molecule has 0 aromatic heterocycles. The fraction of sp³-hybridized carbons (Fsp3) is 0.562. The zero-order valence-electron chi connectivity index (χ0n) is 12.3. The lowest BCUT2D eigenvalue weighted by Crippen LogP contribution is -2.43. The normalized spacial score (nSPS) is 12.8. The molecule has 1 aromatic rings. The van der Waals surface area contributed by atoms with E-state index in [2.05, 4.69) is 0 Å². The topological polar surface area (TPSA) is 40.5 Å². The summed E-state index contributed by atoms with van der Waals surface area (Å²) in [5, 5.41) is 10.0. The minimum atomic E-state index is -0.616. The van der Waals surface area contributed by atoms with Crippen LogP contribution in [-0.4, -0.2) is 34.1 Å². The number of rotatable bonds is 6. The standard InChI is InChI=1S/C16H25NO2/c1-12(2)17(13(3)4)16(19)11-15(18)10-14-8-6-5-7-9-14/h5-9,12-13,15,18H,10-11H2,1-4H3/t15-/m1/s1. The van der Waals surface area contributed by atoms with E-state index in [1.807, 2.05) is 62.9 Å². The van der Waals surface area contributed by atoms with Gasteiger partial charge >= 0.3 is 0 Å². The van der Waals surface area contributed by atoms with Gasteiger partial charge in [-0.15, -0.1) is 0 Å². The summed E-state index contributed by atoms with van der Waals surface area (Å²) in [7, 11) is 0. The molecule has 1 amide bonds. The molecule has 0 aliphatic heterocycles. The summed E-state index contributed by atoms with van der Waals surface area (Å²) in [6, 6.07) is 10.1. The molecule has 0 unspecified atom stereocenters. The van der Waals surface area contributed by atoms with Gasteiger partial charge in [0.15, 0.2) is 0 Å². The van der Waals surface area contributed by atoms with E-state index in [-0.39, 0.29) is 24.4 Å². The van der Waals surface area contributed by atoms with Crippen LogP contribution in [0.4, 0.5) is 0 Å². The van der Waals surface area contributed by atoms with Gasteiger partial charge < -0.3 is 10.0 Å². The van der Waals surface area contributed by atoms with Crippen LogP contribution in [-0.2, 0) is 11.2 Å². The molecular weight excluding hydrogens is 238 g/mol. The Labute approximate surface area is 116 Å². The molecule has 0 radical (unpaired) electrons. The monoisotopic (exact) mass is 263 g/mol. The Balaban J connectivity index is 2.56. The molecule has 0 heterocycles. The SMILES string of the molecule is CC(C)N(C(=O)C[C@H](O)Cc1ccccc1)C(C)C. The Bertz CT molecular complexity index is 379. The first-order valence-electron chi connectivity index (χ1n) is 6.95. The minimum Gasteiger partial charge on any atom is -0.392 e. The van der Waals surface area contributed by atoms with Gasteiger partial charge in [-0.3, -0.25) is 4.79 Å². The molecule has 3 heteroatoms. The van der Waals surface area contributed by atoms with Gasteiger partial charge in [-0.25, -0.2) is 0 Å². The molecule has 0 fully saturated rings. The molecule has 1 rings (SSSR count). The number of carbonyl (C=O) groups excluding carboxylic acids is 1. The predicted octanol–water partition coefficient (Wildman–Crippen LogP) is 2.63.